The molecule has 16 heavy (non-hydrogen) atoms. The molecule has 0 N–H and O–H groups in total. The van der Waals surface area contributed by atoms with E-state index < -0.39 is 5.82 Å². The van der Waals surface area contributed by atoms with Gasteiger partial charge in [-0.3, -0.25) is 0 Å². The lowest BCUT2D eigenvalue weighted by Crippen LogP contribution is -1.99. The van der Waals surface area contributed by atoms with Gasteiger partial charge >= 0.3 is 0 Å². The maximum absolute atomic E-state index is 13.3. The summed E-state index contributed by atoms with van der Waals surface area (Å²) in [5.41, 5.74) is 0.466. The van der Waals surface area contributed by atoms with Crippen molar-refractivity contribution in [3.8, 4) is 11.4 Å². The molecule has 7 heteroatoms. The third kappa shape index (κ3) is 2.17. The summed E-state index contributed by atoms with van der Waals surface area (Å²) >= 11 is 8.81. The lowest BCUT2D eigenvalue weighted by molar-refractivity contribution is 0.627. The summed E-state index contributed by atoms with van der Waals surface area (Å²) in [6, 6.07) is 2.85. The van der Waals surface area contributed by atoms with Crippen molar-refractivity contribution in [2.75, 3.05) is 0 Å². The number of benzene rings is 1. The van der Waals surface area contributed by atoms with Crippen LogP contribution in [0.2, 0.25) is 5.02 Å². The zero-order chi connectivity index (χ0) is 11.7. The van der Waals surface area contributed by atoms with Crippen LogP contribution in [-0.4, -0.2) is 20.4 Å². The van der Waals surface area contributed by atoms with E-state index in [1.54, 1.807) is 13.0 Å². The van der Waals surface area contributed by atoms with E-state index in [9.17, 15) is 4.39 Å². The van der Waals surface area contributed by atoms with Crippen LogP contribution in [0, 0.1) is 12.7 Å². The average Bonchev–Trinajstić information content (AvgIpc) is 2.26. The summed E-state index contributed by atoms with van der Waals surface area (Å²) in [6.07, 6.45) is 0. The fourth-order valence-electron chi connectivity index (χ4n) is 1.08. The van der Waals surface area contributed by atoms with Crippen LogP contribution >= 0.6 is 27.5 Å². The molecule has 0 bridgehead atoms. The minimum atomic E-state index is -0.546. The number of hydrogen-bond acceptors (Lipinski definition) is 4. The normalized spacial score (nSPS) is 10.5. The highest BCUT2D eigenvalue weighted by Gasteiger charge is 2.10. The Morgan fingerprint density at radius 1 is 1.19 bits per heavy atom. The minimum absolute atomic E-state index is 0.0248. The Hall–Kier alpha value is -1.14. The number of nitrogens with zero attached hydrogens (tertiary/aromatic N) is 4. The second-order valence-electron chi connectivity index (χ2n) is 3.02. The van der Waals surface area contributed by atoms with Gasteiger partial charge in [0, 0.05) is 10.0 Å². The lowest BCUT2D eigenvalue weighted by Gasteiger charge is -2.02. The quantitative estimate of drug-likeness (QED) is 0.760. The number of aryl methyl sites for hydroxylation is 1. The Bertz CT molecular complexity index is 509. The minimum Gasteiger partial charge on any atom is -0.205 e. The molecule has 0 aliphatic heterocycles. The Labute approximate surface area is 104 Å². The fourth-order valence-corrected chi connectivity index (χ4v) is 1.62. The largest absolute Gasteiger partial charge is 0.205 e. The highest BCUT2D eigenvalue weighted by molar-refractivity contribution is 9.10. The smallest absolute Gasteiger partial charge is 0.203 e. The summed E-state index contributed by atoms with van der Waals surface area (Å²) in [6.45, 7) is 1.67. The average molecular weight is 304 g/mol. The first-order valence-corrected chi connectivity index (χ1v) is 5.44. The summed E-state index contributed by atoms with van der Waals surface area (Å²) in [5.74, 6) is 0.161. The summed E-state index contributed by atoms with van der Waals surface area (Å²) in [7, 11) is 0. The van der Waals surface area contributed by atoms with Gasteiger partial charge in [0.05, 0.1) is 5.02 Å². The molecule has 0 radical (unpaired) electrons. The first-order valence-electron chi connectivity index (χ1n) is 4.27. The SMILES string of the molecule is Cc1nnc(-c2cc(F)c(Cl)c(Br)c2)nn1. The Balaban J connectivity index is 2.52. The first kappa shape index (κ1) is 11.3. The maximum atomic E-state index is 13.3. The lowest BCUT2D eigenvalue weighted by atomic mass is 10.2. The van der Waals surface area contributed by atoms with E-state index in [2.05, 4.69) is 36.3 Å². The Morgan fingerprint density at radius 2 is 1.81 bits per heavy atom. The van der Waals surface area contributed by atoms with E-state index in [1.165, 1.54) is 6.07 Å². The monoisotopic (exact) mass is 302 g/mol. The summed E-state index contributed by atoms with van der Waals surface area (Å²) < 4.78 is 13.8. The van der Waals surface area contributed by atoms with Crippen LogP contribution in [0.4, 0.5) is 4.39 Å². The van der Waals surface area contributed by atoms with Crippen molar-refractivity contribution in [2.45, 2.75) is 6.92 Å². The predicted molar refractivity (Wildman–Crippen MR) is 60.5 cm³/mol. The van der Waals surface area contributed by atoms with Gasteiger partial charge in [-0.15, -0.1) is 20.4 Å². The van der Waals surface area contributed by atoms with Gasteiger partial charge in [0.1, 0.15) is 5.82 Å². The van der Waals surface area contributed by atoms with Gasteiger partial charge in [-0.25, -0.2) is 4.39 Å². The molecule has 0 aliphatic rings. The van der Waals surface area contributed by atoms with E-state index in [0.29, 0.717) is 15.9 Å². The van der Waals surface area contributed by atoms with Crippen molar-refractivity contribution < 1.29 is 4.39 Å². The molecule has 1 aromatic heterocycles. The van der Waals surface area contributed by atoms with Gasteiger partial charge in [0.25, 0.3) is 0 Å². The van der Waals surface area contributed by atoms with Crippen molar-refractivity contribution in [2.24, 2.45) is 0 Å². The molecule has 0 aliphatic carbocycles. The molecule has 0 unspecified atom stereocenters. The molecule has 1 heterocycles. The van der Waals surface area contributed by atoms with Crippen LogP contribution in [0.5, 0.6) is 0 Å². The number of halogens is 3. The van der Waals surface area contributed by atoms with E-state index >= 15 is 0 Å². The van der Waals surface area contributed by atoms with Crippen LogP contribution in [0.25, 0.3) is 11.4 Å². The first-order chi connectivity index (χ1) is 7.58. The van der Waals surface area contributed by atoms with Gasteiger partial charge in [0.2, 0.25) is 5.82 Å². The Morgan fingerprint density at radius 3 is 2.38 bits per heavy atom. The Kier molecular flexibility index (Phi) is 3.11. The molecule has 0 saturated heterocycles. The second-order valence-corrected chi connectivity index (χ2v) is 4.26. The van der Waals surface area contributed by atoms with E-state index in [-0.39, 0.29) is 10.8 Å². The molecular formula is C9H5BrClFN4. The summed E-state index contributed by atoms with van der Waals surface area (Å²) in [5, 5.41) is 15.1. The standard InChI is InChI=1S/C9H5BrClFN4/c1-4-13-15-9(16-14-4)5-2-6(10)8(11)7(12)3-5/h2-3H,1H3. The molecule has 82 valence electrons. The molecule has 2 rings (SSSR count). The molecule has 0 saturated carbocycles. The molecule has 2 aromatic rings. The van der Waals surface area contributed by atoms with Gasteiger partial charge < -0.3 is 0 Å². The van der Waals surface area contributed by atoms with Gasteiger partial charge in [-0.2, -0.15) is 0 Å². The predicted octanol–water partition coefficient (Wildman–Crippen LogP) is 2.80. The summed E-state index contributed by atoms with van der Waals surface area (Å²) in [4.78, 5) is 0. The van der Waals surface area contributed by atoms with Crippen molar-refractivity contribution in [3.05, 3.63) is 33.3 Å². The molecule has 0 fully saturated rings. The van der Waals surface area contributed by atoms with Gasteiger partial charge in [0.15, 0.2) is 5.82 Å². The van der Waals surface area contributed by atoms with Crippen LogP contribution in [0.3, 0.4) is 0 Å². The number of hydrogen-bond donors (Lipinski definition) is 0. The van der Waals surface area contributed by atoms with Crippen LogP contribution in [0.1, 0.15) is 5.82 Å². The fraction of sp³-hybridized carbons (Fsp3) is 0.111. The molecule has 1 aromatic carbocycles. The van der Waals surface area contributed by atoms with Crippen molar-refractivity contribution in [3.63, 3.8) is 0 Å². The van der Waals surface area contributed by atoms with Crippen LogP contribution in [0.15, 0.2) is 16.6 Å². The molecule has 0 amide bonds. The van der Waals surface area contributed by atoms with Crippen molar-refractivity contribution in [1.29, 1.82) is 0 Å². The zero-order valence-electron chi connectivity index (χ0n) is 8.08. The third-order valence-electron chi connectivity index (χ3n) is 1.82. The van der Waals surface area contributed by atoms with Gasteiger partial charge in [-0.1, -0.05) is 11.6 Å². The second kappa shape index (κ2) is 4.39. The van der Waals surface area contributed by atoms with Gasteiger partial charge in [-0.05, 0) is 35.0 Å². The zero-order valence-corrected chi connectivity index (χ0v) is 10.4. The van der Waals surface area contributed by atoms with Crippen molar-refractivity contribution in [1.82, 2.24) is 20.4 Å². The van der Waals surface area contributed by atoms with Crippen LogP contribution in [-0.2, 0) is 0 Å². The molecule has 0 spiro atoms. The number of rotatable bonds is 1. The molecular weight excluding hydrogens is 298 g/mol. The van der Waals surface area contributed by atoms with E-state index in [4.69, 9.17) is 11.6 Å². The molecule has 0 atom stereocenters. The van der Waals surface area contributed by atoms with E-state index in [1.807, 2.05) is 0 Å². The number of aromatic nitrogens is 4. The highest BCUT2D eigenvalue weighted by Crippen LogP contribution is 2.29. The highest BCUT2D eigenvalue weighted by atomic mass is 79.9. The topological polar surface area (TPSA) is 51.6 Å². The maximum Gasteiger partial charge on any atom is 0.203 e. The third-order valence-corrected chi connectivity index (χ3v) is 3.06. The van der Waals surface area contributed by atoms with Crippen molar-refractivity contribution >= 4 is 27.5 Å². The van der Waals surface area contributed by atoms with Crippen LogP contribution < -0.4 is 0 Å². The van der Waals surface area contributed by atoms with E-state index in [0.717, 1.165) is 0 Å². The molecule has 4 nitrogen and oxygen atoms in total.